The maximum absolute atomic E-state index is 12.4. The second-order valence-electron chi connectivity index (χ2n) is 5.54. The van der Waals surface area contributed by atoms with Crippen LogP contribution in [0.2, 0.25) is 0 Å². The molecule has 25 heavy (non-hydrogen) atoms. The minimum Gasteiger partial charge on any atom is -0.493 e. The van der Waals surface area contributed by atoms with Gasteiger partial charge in [-0.2, -0.15) is 5.26 Å². The maximum Gasteiger partial charge on any atom is 0.266 e. The van der Waals surface area contributed by atoms with Crippen LogP contribution >= 0.6 is 0 Å². The molecule has 2 aromatic carbocycles. The Labute approximate surface area is 147 Å². The van der Waals surface area contributed by atoms with E-state index < -0.39 is 5.91 Å². The van der Waals surface area contributed by atoms with E-state index in [1.807, 2.05) is 38.1 Å². The second kappa shape index (κ2) is 8.55. The third-order valence-corrected chi connectivity index (χ3v) is 3.28. The molecule has 0 bridgehead atoms. The molecule has 0 aromatic heterocycles. The molecular formula is C20H20N2O3. The Morgan fingerprint density at radius 3 is 2.48 bits per heavy atom. The summed E-state index contributed by atoms with van der Waals surface area (Å²) in [5.41, 5.74) is 1.21. The summed E-state index contributed by atoms with van der Waals surface area (Å²) in [6, 6.07) is 16.2. The Hall–Kier alpha value is -3.26. The van der Waals surface area contributed by atoms with Gasteiger partial charge in [-0.1, -0.05) is 30.3 Å². The van der Waals surface area contributed by atoms with Crippen LogP contribution in [0, 0.1) is 11.3 Å². The van der Waals surface area contributed by atoms with Gasteiger partial charge in [-0.05, 0) is 38.1 Å². The van der Waals surface area contributed by atoms with Crippen LogP contribution < -0.4 is 14.8 Å². The number of carbonyl (C=O) groups is 1. The van der Waals surface area contributed by atoms with E-state index in [4.69, 9.17) is 9.47 Å². The number of anilines is 1. The van der Waals surface area contributed by atoms with Gasteiger partial charge in [-0.25, -0.2) is 0 Å². The molecule has 0 spiro atoms. The number of nitrogens with one attached hydrogen (secondary N) is 1. The summed E-state index contributed by atoms with van der Waals surface area (Å²) < 4.78 is 11.1. The van der Waals surface area contributed by atoms with E-state index in [1.165, 1.54) is 6.08 Å². The number of nitriles is 1. The van der Waals surface area contributed by atoms with Crippen molar-refractivity contribution in [1.82, 2.24) is 0 Å². The van der Waals surface area contributed by atoms with E-state index in [0.717, 1.165) is 0 Å². The number of nitrogens with zero attached hydrogens (tertiary/aromatic N) is 1. The zero-order chi connectivity index (χ0) is 18.2. The van der Waals surface area contributed by atoms with Crippen molar-refractivity contribution >= 4 is 17.7 Å². The van der Waals surface area contributed by atoms with Crippen molar-refractivity contribution in [2.24, 2.45) is 0 Å². The molecule has 1 N–H and O–H groups in total. The highest BCUT2D eigenvalue weighted by Gasteiger charge is 2.15. The topological polar surface area (TPSA) is 71.3 Å². The lowest BCUT2D eigenvalue weighted by Crippen LogP contribution is -2.13. The van der Waals surface area contributed by atoms with E-state index in [2.05, 4.69) is 5.32 Å². The van der Waals surface area contributed by atoms with Gasteiger partial charge in [0.2, 0.25) is 0 Å². The molecule has 0 aliphatic heterocycles. The summed E-state index contributed by atoms with van der Waals surface area (Å²) in [7, 11) is 1.54. The number of methoxy groups -OCH3 is 1. The summed E-state index contributed by atoms with van der Waals surface area (Å²) >= 11 is 0. The molecule has 0 atom stereocenters. The standard InChI is InChI=1S/C20H20N2O3/c1-14(2)25-19-15(8-7-11-18(19)24-3)12-16(13-21)20(23)22-17-9-5-4-6-10-17/h4-12,14H,1-3H3,(H,22,23)/b16-12+. The molecular weight excluding hydrogens is 316 g/mol. The van der Waals surface area contributed by atoms with Crippen LogP contribution in [0.3, 0.4) is 0 Å². The number of amides is 1. The quantitative estimate of drug-likeness (QED) is 0.638. The van der Waals surface area contributed by atoms with E-state index in [9.17, 15) is 10.1 Å². The summed E-state index contributed by atoms with van der Waals surface area (Å²) in [5, 5.41) is 12.1. The molecule has 5 heteroatoms. The normalized spacial score (nSPS) is 10.9. The summed E-state index contributed by atoms with van der Waals surface area (Å²) in [6.07, 6.45) is 1.42. The number of hydrogen-bond acceptors (Lipinski definition) is 4. The maximum atomic E-state index is 12.4. The summed E-state index contributed by atoms with van der Waals surface area (Å²) in [4.78, 5) is 12.4. The molecule has 0 saturated carbocycles. The van der Waals surface area contributed by atoms with Gasteiger partial charge >= 0.3 is 0 Å². The Bertz CT molecular complexity index is 805. The molecule has 5 nitrogen and oxygen atoms in total. The molecule has 0 fully saturated rings. The zero-order valence-corrected chi connectivity index (χ0v) is 14.4. The fourth-order valence-electron chi connectivity index (χ4n) is 2.19. The molecule has 2 rings (SSSR count). The smallest absolute Gasteiger partial charge is 0.266 e. The lowest BCUT2D eigenvalue weighted by molar-refractivity contribution is -0.112. The van der Waals surface area contributed by atoms with Crippen LogP contribution in [0.25, 0.3) is 6.08 Å². The van der Waals surface area contributed by atoms with Crippen molar-refractivity contribution in [3.8, 4) is 17.6 Å². The Morgan fingerprint density at radius 1 is 1.16 bits per heavy atom. The summed E-state index contributed by atoms with van der Waals surface area (Å²) in [6.45, 7) is 3.79. The van der Waals surface area contributed by atoms with E-state index in [-0.39, 0.29) is 11.7 Å². The second-order valence-corrected chi connectivity index (χ2v) is 5.54. The molecule has 2 aromatic rings. The highest BCUT2D eigenvalue weighted by molar-refractivity contribution is 6.09. The molecule has 0 aliphatic carbocycles. The van der Waals surface area contributed by atoms with E-state index >= 15 is 0 Å². The van der Waals surface area contributed by atoms with Crippen molar-refractivity contribution in [3.05, 3.63) is 59.7 Å². The predicted molar refractivity (Wildman–Crippen MR) is 97.4 cm³/mol. The van der Waals surface area contributed by atoms with Crippen LogP contribution in [0.5, 0.6) is 11.5 Å². The van der Waals surface area contributed by atoms with Gasteiger partial charge in [-0.3, -0.25) is 4.79 Å². The molecule has 1 amide bonds. The van der Waals surface area contributed by atoms with Crippen LogP contribution in [-0.4, -0.2) is 19.1 Å². The van der Waals surface area contributed by atoms with Gasteiger partial charge in [0, 0.05) is 11.3 Å². The molecule has 0 unspecified atom stereocenters. The van der Waals surface area contributed by atoms with Gasteiger partial charge in [-0.15, -0.1) is 0 Å². The fraction of sp³-hybridized carbons (Fsp3) is 0.200. The first-order valence-electron chi connectivity index (χ1n) is 7.87. The van der Waals surface area contributed by atoms with E-state index in [0.29, 0.717) is 22.7 Å². The first-order chi connectivity index (χ1) is 12.0. The Morgan fingerprint density at radius 2 is 1.88 bits per heavy atom. The van der Waals surface area contributed by atoms with Gasteiger partial charge in [0.25, 0.3) is 5.91 Å². The first-order valence-corrected chi connectivity index (χ1v) is 7.87. The Balaban J connectivity index is 2.36. The predicted octanol–water partition coefficient (Wildman–Crippen LogP) is 4.03. The first kappa shape index (κ1) is 18.1. The van der Waals surface area contributed by atoms with Crippen molar-refractivity contribution in [2.75, 3.05) is 12.4 Å². The summed E-state index contributed by atoms with van der Waals surface area (Å²) in [5.74, 6) is 0.565. The monoisotopic (exact) mass is 336 g/mol. The lowest BCUT2D eigenvalue weighted by Gasteiger charge is -2.16. The number of carbonyl (C=O) groups excluding carboxylic acids is 1. The Kier molecular flexibility index (Phi) is 6.19. The van der Waals surface area contributed by atoms with Gasteiger partial charge in [0.05, 0.1) is 13.2 Å². The van der Waals surface area contributed by atoms with Gasteiger partial charge in [0.1, 0.15) is 11.6 Å². The molecule has 0 aliphatic rings. The molecule has 0 radical (unpaired) electrons. The number of para-hydroxylation sites is 2. The number of hydrogen-bond donors (Lipinski definition) is 1. The highest BCUT2D eigenvalue weighted by Crippen LogP contribution is 2.33. The van der Waals surface area contributed by atoms with Crippen molar-refractivity contribution in [3.63, 3.8) is 0 Å². The SMILES string of the molecule is COc1cccc(/C=C(\C#N)C(=O)Nc2ccccc2)c1OC(C)C. The van der Waals surface area contributed by atoms with Crippen molar-refractivity contribution in [1.29, 1.82) is 5.26 Å². The average molecular weight is 336 g/mol. The number of rotatable bonds is 6. The van der Waals surface area contributed by atoms with Crippen LogP contribution in [0.4, 0.5) is 5.69 Å². The van der Waals surface area contributed by atoms with E-state index in [1.54, 1.807) is 37.4 Å². The van der Waals surface area contributed by atoms with Crippen LogP contribution in [0.1, 0.15) is 19.4 Å². The third-order valence-electron chi connectivity index (χ3n) is 3.28. The third kappa shape index (κ3) is 4.85. The minimum absolute atomic E-state index is 0.0225. The van der Waals surface area contributed by atoms with Crippen LogP contribution in [-0.2, 0) is 4.79 Å². The number of ether oxygens (including phenoxy) is 2. The van der Waals surface area contributed by atoms with Crippen molar-refractivity contribution in [2.45, 2.75) is 20.0 Å². The fourth-order valence-corrected chi connectivity index (χ4v) is 2.19. The van der Waals surface area contributed by atoms with Crippen molar-refractivity contribution < 1.29 is 14.3 Å². The molecule has 0 saturated heterocycles. The zero-order valence-electron chi connectivity index (χ0n) is 14.4. The number of benzene rings is 2. The lowest BCUT2D eigenvalue weighted by atomic mass is 10.1. The minimum atomic E-state index is -0.480. The average Bonchev–Trinajstić information content (AvgIpc) is 2.61. The largest absolute Gasteiger partial charge is 0.493 e. The van der Waals surface area contributed by atoms with Gasteiger partial charge < -0.3 is 14.8 Å². The van der Waals surface area contributed by atoms with Crippen LogP contribution in [0.15, 0.2) is 54.1 Å². The molecule has 128 valence electrons. The molecule has 0 heterocycles. The van der Waals surface area contributed by atoms with Gasteiger partial charge in [0.15, 0.2) is 11.5 Å². The highest BCUT2D eigenvalue weighted by atomic mass is 16.5.